The average molecular weight is 342 g/mol. The van der Waals surface area contributed by atoms with Crippen LogP contribution in [0.5, 0.6) is 5.75 Å². The molecule has 2 aromatic heterocycles. The fourth-order valence-electron chi connectivity index (χ4n) is 2.30. The van der Waals surface area contributed by atoms with E-state index >= 15 is 0 Å². The van der Waals surface area contributed by atoms with Gasteiger partial charge in [0.05, 0.1) is 12.0 Å². The van der Waals surface area contributed by atoms with Gasteiger partial charge in [0.15, 0.2) is 0 Å². The molecular weight excluding hydrogens is 320 g/mol. The Morgan fingerprint density at radius 1 is 1.25 bits per heavy atom. The standard InChI is InChI=1S/C18H22N4OS/c1-15-3-5-17(6-4-15)23-12-18-21-16(13-24-18)11-19-7-2-9-22-10-8-20-14-22/h3-6,8,10,13-14,19H,2,7,9,11-12H2,1H3. The molecule has 5 nitrogen and oxygen atoms in total. The van der Waals surface area contributed by atoms with Crippen LogP contribution in [-0.4, -0.2) is 21.1 Å². The number of aryl methyl sites for hydroxylation is 2. The minimum atomic E-state index is 0.522. The number of hydrogen-bond donors (Lipinski definition) is 1. The molecule has 126 valence electrons. The maximum atomic E-state index is 5.76. The van der Waals surface area contributed by atoms with E-state index in [1.165, 1.54) is 5.56 Å². The molecule has 0 aliphatic carbocycles. The van der Waals surface area contributed by atoms with Crippen LogP contribution < -0.4 is 10.1 Å². The van der Waals surface area contributed by atoms with Gasteiger partial charge in [0.2, 0.25) is 0 Å². The smallest absolute Gasteiger partial charge is 0.140 e. The lowest BCUT2D eigenvalue weighted by Crippen LogP contribution is -2.16. The van der Waals surface area contributed by atoms with Gasteiger partial charge >= 0.3 is 0 Å². The van der Waals surface area contributed by atoms with E-state index in [2.05, 4.69) is 44.3 Å². The molecule has 0 radical (unpaired) electrons. The minimum Gasteiger partial charge on any atom is -0.486 e. The number of rotatable bonds is 9. The van der Waals surface area contributed by atoms with E-state index in [4.69, 9.17) is 4.74 Å². The van der Waals surface area contributed by atoms with Crippen LogP contribution in [0.25, 0.3) is 0 Å². The number of thiazole rings is 1. The third-order valence-electron chi connectivity index (χ3n) is 3.62. The van der Waals surface area contributed by atoms with Crippen molar-refractivity contribution in [1.29, 1.82) is 0 Å². The third kappa shape index (κ3) is 5.18. The van der Waals surface area contributed by atoms with Crippen LogP contribution in [0.3, 0.4) is 0 Å². The van der Waals surface area contributed by atoms with Gasteiger partial charge in [0.1, 0.15) is 17.4 Å². The summed E-state index contributed by atoms with van der Waals surface area (Å²) in [7, 11) is 0. The Labute approximate surface area is 146 Å². The van der Waals surface area contributed by atoms with Crippen LogP contribution >= 0.6 is 11.3 Å². The third-order valence-corrected chi connectivity index (χ3v) is 4.49. The van der Waals surface area contributed by atoms with Crippen molar-refractivity contribution in [3.05, 3.63) is 64.6 Å². The van der Waals surface area contributed by atoms with Gasteiger partial charge in [-0.2, -0.15) is 0 Å². The highest BCUT2D eigenvalue weighted by molar-refractivity contribution is 7.09. The quantitative estimate of drug-likeness (QED) is 0.606. The molecule has 1 aromatic carbocycles. The Balaban J connectivity index is 1.35. The topological polar surface area (TPSA) is 52.0 Å². The Morgan fingerprint density at radius 2 is 2.12 bits per heavy atom. The lowest BCUT2D eigenvalue weighted by Gasteiger charge is -2.04. The fourth-order valence-corrected chi connectivity index (χ4v) is 3.00. The Bertz CT molecular complexity index is 722. The first-order valence-corrected chi connectivity index (χ1v) is 8.97. The second kappa shape index (κ2) is 8.61. The highest BCUT2D eigenvalue weighted by Gasteiger charge is 2.03. The molecule has 1 N–H and O–H groups in total. The molecule has 0 fully saturated rings. The summed E-state index contributed by atoms with van der Waals surface area (Å²) >= 11 is 1.65. The first-order valence-electron chi connectivity index (χ1n) is 8.09. The highest BCUT2D eigenvalue weighted by Crippen LogP contribution is 2.16. The van der Waals surface area contributed by atoms with Crippen molar-refractivity contribution in [3.8, 4) is 5.75 Å². The maximum Gasteiger partial charge on any atom is 0.140 e. The van der Waals surface area contributed by atoms with Gasteiger partial charge in [-0.25, -0.2) is 9.97 Å². The van der Waals surface area contributed by atoms with Gasteiger partial charge in [-0.1, -0.05) is 17.7 Å². The second-order valence-corrected chi connectivity index (χ2v) is 6.61. The predicted molar refractivity (Wildman–Crippen MR) is 96.2 cm³/mol. The SMILES string of the molecule is Cc1ccc(OCc2nc(CNCCCn3ccnc3)cs2)cc1. The number of aromatic nitrogens is 3. The van der Waals surface area contributed by atoms with E-state index in [1.54, 1.807) is 11.3 Å². The molecule has 3 rings (SSSR count). The number of ether oxygens (including phenoxy) is 1. The zero-order valence-corrected chi connectivity index (χ0v) is 14.6. The average Bonchev–Trinajstić information content (AvgIpc) is 3.26. The van der Waals surface area contributed by atoms with Crippen molar-refractivity contribution < 1.29 is 4.74 Å². The van der Waals surface area contributed by atoms with E-state index in [0.717, 1.165) is 42.5 Å². The molecule has 3 aromatic rings. The summed E-state index contributed by atoms with van der Waals surface area (Å²) in [5.74, 6) is 0.884. The number of nitrogens with one attached hydrogen (secondary N) is 1. The van der Waals surface area contributed by atoms with Crippen LogP contribution in [0, 0.1) is 6.92 Å². The van der Waals surface area contributed by atoms with Crippen LogP contribution in [0.1, 0.15) is 22.7 Å². The molecule has 0 saturated heterocycles. The van der Waals surface area contributed by atoms with Crippen molar-refractivity contribution >= 4 is 11.3 Å². The Morgan fingerprint density at radius 3 is 2.92 bits per heavy atom. The molecule has 0 unspecified atom stereocenters. The second-order valence-electron chi connectivity index (χ2n) is 5.67. The van der Waals surface area contributed by atoms with Crippen molar-refractivity contribution in [1.82, 2.24) is 19.9 Å². The molecule has 0 aliphatic rings. The normalized spacial score (nSPS) is 10.9. The molecular formula is C18H22N4OS. The minimum absolute atomic E-state index is 0.522. The summed E-state index contributed by atoms with van der Waals surface area (Å²) < 4.78 is 7.85. The van der Waals surface area contributed by atoms with Crippen molar-refractivity contribution in [2.75, 3.05) is 6.54 Å². The lowest BCUT2D eigenvalue weighted by atomic mass is 10.2. The van der Waals surface area contributed by atoms with Crippen LogP contribution in [0.4, 0.5) is 0 Å². The Hall–Kier alpha value is -2.18. The maximum absolute atomic E-state index is 5.76. The summed E-state index contributed by atoms with van der Waals surface area (Å²) in [6.07, 6.45) is 6.72. The lowest BCUT2D eigenvalue weighted by molar-refractivity contribution is 0.305. The summed E-state index contributed by atoms with van der Waals surface area (Å²) in [5.41, 5.74) is 2.31. The van der Waals surface area contributed by atoms with Gasteiger partial charge in [-0.05, 0) is 32.0 Å². The summed E-state index contributed by atoms with van der Waals surface area (Å²) in [5, 5.41) is 6.53. The van der Waals surface area contributed by atoms with Gasteiger partial charge in [-0.15, -0.1) is 11.3 Å². The van der Waals surface area contributed by atoms with E-state index in [9.17, 15) is 0 Å². The van der Waals surface area contributed by atoms with E-state index in [1.807, 2.05) is 30.9 Å². The molecule has 0 atom stereocenters. The summed E-state index contributed by atoms with van der Waals surface area (Å²) in [4.78, 5) is 8.64. The largest absolute Gasteiger partial charge is 0.486 e. The fraction of sp³-hybridized carbons (Fsp3) is 0.333. The van der Waals surface area contributed by atoms with Gasteiger partial charge in [-0.3, -0.25) is 0 Å². The van der Waals surface area contributed by atoms with E-state index in [0.29, 0.717) is 6.61 Å². The molecule has 0 spiro atoms. The van der Waals surface area contributed by atoms with Crippen molar-refractivity contribution in [2.45, 2.75) is 33.0 Å². The zero-order chi connectivity index (χ0) is 16.6. The van der Waals surface area contributed by atoms with Crippen LogP contribution in [-0.2, 0) is 19.7 Å². The predicted octanol–water partition coefficient (Wildman–Crippen LogP) is 3.41. The molecule has 0 aliphatic heterocycles. The van der Waals surface area contributed by atoms with Crippen LogP contribution in [0.2, 0.25) is 0 Å². The molecule has 6 heteroatoms. The van der Waals surface area contributed by atoms with E-state index < -0.39 is 0 Å². The summed E-state index contributed by atoms with van der Waals surface area (Å²) in [6.45, 7) is 5.34. The van der Waals surface area contributed by atoms with E-state index in [-0.39, 0.29) is 0 Å². The number of nitrogens with zero attached hydrogens (tertiary/aromatic N) is 3. The number of imidazole rings is 1. The van der Waals surface area contributed by atoms with Gasteiger partial charge in [0.25, 0.3) is 0 Å². The van der Waals surface area contributed by atoms with Gasteiger partial charge < -0.3 is 14.6 Å². The monoisotopic (exact) mass is 342 g/mol. The number of benzene rings is 1. The van der Waals surface area contributed by atoms with Crippen LogP contribution in [0.15, 0.2) is 48.4 Å². The first-order chi connectivity index (χ1) is 11.8. The first kappa shape index (κ1) is 16.7. The molecule has 0 saturated carbocycles. The van der Waals surface area contributed by atoms with Crippen molar-refractivity contribution in [2.24, 2.45) is 0 Å². The van der Waals surface area contributed by atoms with Gasteiger partial charge in [0, 0.05) is 30.9 Å². The molecule has 24 heavy (non-hydrogen) atoms. The highest BCUT2D eigenvalue weighted by atomic mass is 32.1. The Kier molecular flexibility index (Phi) is 5.98. The van der Waals surface area contributed by atoms with Crippen molar-refractivity contribution in [3.63, 3.8) is 0 Å². The molecule has 2 heterocycles. The summed E-state index contributed by atoms with van der Waals surface area (Å²) in [6, 6.07) is 8.09. The molecule has 0 bridgehead atoms. The zero-order valence-electron chi connectivity index (χ0n) is 13.8. The number of hydrogen-bond acceptors (Lipinski definition) is 5. The molecule has 0 amide bonds.